The van der Waals surface area contributed by atoms with Crippen molar-refractivity contribution in [3.8, 4) is 5.69 Å². The summed E-state index contributed by atoms with van der Waals surface area (Å²) in [6.07, 6.45) is 3.54. The molecule has 0 unspecified atom stereocenters. The Balaban J connectivity index is 2.23. The highest BCUT2D eigenvalue weighted by Crippen LogP contribution is 2.10. The van der Waals surface area contributed by atoms with Crippen molar-refractivity contribution in [2.45, 2.75) is 19.8 Å². The van der Waals surface area contributed by atoms with E-state index in [2.05, 4.69) is 17.2 Å². The Morgan fingerprint density at radius 2 is 2.06 bits per heavy atom. The second kappa shape index (κ2) is 4.78. The molecule has 0 amide bonds. The van der Waals surface area contributed by atoms with E-state index in [9.17, 15) is 4.79 Å². The number of aromatic nitrogens is 3. The molecule has 0 aliphatic heterocycles. The minimum atomic E-state index is -1.07. The van der Waals surface area contributed by atoms with Crippen molar-refractivity contribution in [3.63, 3.8) is 0 Å². The van der Waals surface area contributed by atoms with Gasteiger partial charge in [0.05, 0.1) is 11.9 Å². The highest BCUT2D eigenvalue weighted by Gasteiger charge is 2.08. The van der Waals surface area contributed by atoms with Crippen molar-refractivity contribution in [1.82, 2.24) is 15.0 Å². The molecule has 0 radical (unpaired) electrons. The number of hydrogen-bond acceptors (Lipinski definition) is 3. The van der Waals surface area contributed by atoms with Crippen molar-refractivity contribution < 1.29 is 9.90 Å². The molecule has 2 rings (SSSR count). The molecule has 0 atom stereocenters. The lowest BCUT2D eigenvalue weighted by atomic mass is 10.1. The van der Waals surface area contributed by atoms with Crippen LogP contribution in [0.25, 0.3) is 5.69 Å². The first-order valence-electron chi connectivity index (χ1n) is 5.45. The number of carboxylic acid groups (broad SMARTS) is 1. The summed E-state index contributed by atoms with van der Waals surface area (Å²) in [7, 11) is 0. The molecule has 88 valence electrons. The second-order valence-electron chi connectivity index (χ2n) is 3.77. The van der Waals surface area contributed by atoms with Crippen LogP contribution in [-0.2, 0) is 6.42 Å². The molecule has 1 heterocycles. The molecule has 0 aliphatic carbocycles. The van der Waals surface area contributed by atoms with Crippen molar-refractivity contribution in [1.29, 1.82) is 0 Å². The van der Waals surface area contributed by atoms with Crippen LogP contribution in [0.15, 0.2) is 30.5 Å². The van der Waals surface area contributed by atoms with E-state index in [4.69, 9.17) is 5.11 Å². The van der Waals surface area contributed by atoms with Gasteiger partial charge in [-0.15, -0.1) is 5.10 Å². The van der Waals surface area contributed by atoms with E-state index in [1.807, 2.05) is 24.3 Å². The molecule has 0 saturated heterocycles. The molecular weight excluding hydrogens is 218 g/mol. The summed E-state index contributed by atoms with van der Waals surface area (Å²) in [6.45, 7) is 2.13. The predicted molar refractivity (Wildman–Crippen MR) is 62.3 cm³/mol. The first kappa shape index (κ1) is 11.3. The first-order valence-corrected chi connectivity index (χ1v) is 5.45. The van der Waals surface area contributed by atoms with Gasteiger partial charge >= 0.3 is 5.97 Å². The maximum atomic E-state index is 10.7. The molecule has 5 nitrogen and oxygen atoms in total. The van der Waals surface area contributed by atoms with Gasteiger partial charge in [0.15, 0.2) is 5.69 Å². The highest BCUT2D eigenvalue weighted by molar-refractivity contribution is 5.84. The van der Waals surface area contributed by atoms with Crippen molar-refractivity contribution in [3.05, 3.63) is 41.7 Å². The van der Waals surface area contributed by atoms with Crippen molar-refractivity contribution >= 4 is 5.97 Å². The Bertz CT molecular complexity index is 517. The third-order valence-corrected chi connectivity index (χ3v) is 2.45. The smallest absolute Gasteiger partial charge is 0.358 e. The molecule has 17 heavy (non-hydrogen) atoms. The van der Waals surface area contributed by atoms with Gasteiger partial charge in [-0.2, -0.15) is 0 Å². The molecule has 0 bridgehead atoms. The van der Waals surface area contributed by atoms with Gasteiger partial charge in [0.25, 0.3) is 0 Å². The monoisotopic (exact) mass is 231 g/mol. The van der Waals surface area contributed by atoms with E-state index in [-0.39, 0.29) is 5.69 Å². The maximum absolute atomic E-state index is 10.7. The standard InChI is InChI=1S/C12H13N3O2/c1-2-3-9-4-6-10(7-5-9)15-8-11(12(16)17)13-14-15/h4-8H,2-3H2,1H3,(H,16,17). The summed E-state index contributed by atoms with van der Waals surface area (Å²) in [5, 5.41) is 16.1. The number of hydrogen-bond donors (Lipinski definition) is 1. The molecule has 1 N–H and O–H groups in total. The van der Waals surface area contributed by atoms with E-state index in [1.54, 1.807) is 0 Å². The molecule has 1 aromatic heterocycles. The molecule has 1 aromatic carbocycles. The largest absolute Gasteiger partial charge is 0.476 e. The molecule has 0 fully saturated rings. The van der Waals surface area contributed by atoms with E-state index in [1.165, 1.54) is 16.4 Å². The maximum Gasteiger partial charge on any atom is 0.358 e. The molecule has 0 aliphatic rings. The van der Waals surface area contributed by atoms with Crippen LogP contribution in [0.4, 0.5) is 0 Å². The Hall–Kier alpha value is -2.17. The van der Waals surface area contributed by atoms with Crippen molar-refractivity contribution in [2.75, 3.05) is 0 Å². The van der Waals surface area contributed by atoms with Gasteiger partial charge in [-0.1, -0.05) is 30.7 Å². The third-order valence-electron chi connectivity index (χ3n) is 2.45. The van der Waals surface area contributed by atoms with E-state index < -0.39 is 5.97 Å². The average molecular weight is 231 g/mol. The fraction of sp³-hybridized carbons (Fsp3) is 0.250. The molecule has 2 aromatic rings. The normalized spacial score (nSPS) is 10.4. The Morgan fingerprint density at radius 1 is 1.35 bits per heavy atom. The summed E-state index contributed by atoms with van der Waals surface area (Å²) >= 11 is 0. The topological polar surface area (TPSA) is 68.0 Å². The number of benzene rings is 1. The van der Waals surface area contributed by atoms with Crippen LogP contribution in [0.3, 0.4) is 0 Å². The number of carbonyl (C=O) groups is 1. The van der Waals surface area contributed by atoms with E-state index in [0.717, 1.165) is 18.5 Å². The lowest BCUT2D eigenvalue weighted by Crippen LogP contribution is -1.96. The minimum absolute atomic E-state index is 0.0531. The first-order chi connectivity index (χ1) is 8.20. The van der Waals surface area contributed by atoms with Gasteiger partial charge in [-0.05, 0) is 24.1 Å². The Morgan fingerprint density at radius 3 is 2.59 bits per heavy atom. The molecule has 0 saturated carbocycles. The fourth-order valence-corrected chi connectivity index (χ4v) is 1.59. The van der Waals surface area contributed by atoms with Gasteiger partial charge in [-0.25, -0.2) is 9.48 Å². The van der Waals surface area contributed by atoms with Gasteiger partial charge < -0.3 is 5.11 Å². The van der Waals surface area contributed by atoms with Crippen LogP contribution in [0, 0.1) is 0 Å². The summed E-state index contributed by atoms with van der Waals surface area (Å²) in [5.41, 5.74) is 2.02. The van der Waals surface area contributed by atoms with Crippen LogP contribution >= 0.6 is 0 Å². The second-order valence-corrected chi connectivity index (χ2v) is 3.77. The van der Waals surface area contributed by atoms with Crippen LogP contribution in [0.2, 0.25) is 0 Å². The van der Waals surface area contributed by atoms with E-state index >= 15 is 0 Å². The number of nitrogens with zero attached hydrogens (tertiary/aromatic N) is 3. The van der Waals surface area contributed by atoms with Gasteiger partial charge in [0.1, 0.15) is 0 Å². The molecular formula is C12H13N3O2. The lowest BCUT2D eigenvalue weighted by molar-refractivity contribution is 0.0690. The quantitative estimate of drug-likeness (QED) is 0.872. The van der Waals surface area contributed by atoms with Gasteiger partial charge in [0.2, 0.25) is 0 Å². The number of aryl methyl sites for hydroxylation is 1. The van der Waals surface area contributed by atoms with E-state index in [0.29, 0.717) is 0 Å². The van der Waals surface area contributed by atoms with Gasteiger partial charge in [-0.3, -0.25) is 0 Å². The minimum Gasteiger partial charge on any atom is -0.476 e. The number of carboxylic acids is 1. The lowest BCUT2D eigenvalue weighted by Gasteiger charge is -2.02. The zero-order valence-electron chi connectivity index (χ0n) is 9.50. The van der Waals surface area contributed by atoms with Crippen LogP contribution in [-0.4, -0.2) is 26.1 Å². The van der Waals surface area contributed by atoms with Crippen LogP contribution in [0.5, 0.6) is 0 Å². The fourth-order valence-electron chi connectivity index (χ4n) is 1.59. The summed E-state index contributed by atoms with van der Waals surface area (Å²) in [5.74, 6) is -1.07. The zero-order chi connectivity index (χ0) is 12.3. The SMILES string of the molecule is CCCc1ccc(-n2cc(C(=O)O)nn2)cc1. The summed E-state index contributed by atoms with van der Waals surface area (Å²) in [6, 6.07) is 7.85. The average Bonchev–Trinajstić information content (AvgIpc) is 2.80. The molecule has 0 spiro atoms. The Kier molecular flexibility index (Phi) is 3.18. The van der Waals surface area contributed by atoms with Crippen LogP contribution in [0.1, 0.15) is 29.4 Å². The summed E-state index contributed by atoms with van der Waals surface area (Å²) < 4.78 is 1.46. The third kappa shape index (κ3) is 2.50. The number of rotatable bonds is 4. The Labute approximate surface area is 98.7 Å². The predicted octanol–water partition coefficient (Wildman–Crippen LogP) is 1.92. The van der Waals surface area contributed by atoms with Gasteiger partial charge in [0, 0.05) is 0 Å². The number of aromatic carboxylic acids is 1. The summed E-state index contributed by atoms with van der Waals surface area (Å²) in [4.78, 5) is 10.7. The zero-order valence-corrected chi connectivity index (χ0v) is 9.50. The van der Waals surface area contributed by atoms with Crippen molar-refractivity contribution in [2.24, 2.45) is 0 Å². The van der Waals surface area contributed by atoms with Crippen LogP contribution < -0.4 is 0 Å². The molecule has 5 heteroatoms. The highest BCUT2D eigenvalue weighted by atomic mass is 16.4.